The van der Waals surface area contributed by atoms with Gasteiger partial charge in [0.05, 0.1) is 5.52 Å². The fourth-order valence-corrected chi connectivity index (χ4v) is 4.29. The summed E-state index contributed by atoms with van der Waals surface area (Å²) >= 11 is 2.06. The fourth-order valence-electron chi connectivity index (χ4n) is 3.01. The molecule has 2 aromatic rings. The second-order valence-corrected chi connectivity index (χ2v) is 7.58. The standard InChI is InChI=1S/C17H22N2S/c1-12-6-7-15(14-5-4-8-18-16(12)14)19-13-9-17(2,3)11-20-10-13/h4-8,13,19H,9-11H2,1-3H3. The number of nitrogens with zero attached hydrogens (tertiary/aromatic N) is 1. The van der Waals surface area contributed by atoms with Crippen LogP contribution in [0.5, 0.6) is 0 Å². The summed E-state index contributed by atoms with van der Waals surface area (Å²) in [6.45, 7) is 6.85. The zero-order valence-electron chi connectivity index (χ0n) is 12.4. The average Bonchev–Trinajstić information content (AvgIpc) is 2.41. The van der Waals surface area contributed by atoms with Crippen molar-refractivity contribution in [3.8, 4) is 0 Å². The number of hydrogen-bond acceptors (Lipinski definition) is 3. The molecule has 3 rings (SSSR count). The number of benzene rings is 1. The molecule has 20 heavy (non-hydrogen) atoms. The molecule has 1 atom stereocenters. The van der Waals surface area contributed by atoms with E-state index in [1.807, 2.05) is 12.3 Å². The number of fused-ring (bicyclic) bond motifs is 1. The van der Waals surface area contributed by atoms with Gasteiger partial charge in [-0.2, -0.15) is 11.8 Å². The smallest absolute Gasteiger partial charge is 0.0751 e. The van der Waals surface area contributed by atoms with Crippen LogP contribution in [-0.2, 0) is 0 Å². The molecule has 1 aliphatic heterocycles. The van der Waals surface area contributed by atoms with Crippen molar-refractivity contribution in [3.63, 3.8) is 0 Å². The van der Waals surface area contributed by atoms with Crippen molar-refractivity contribution >= 4 is 28.4 Å². The highest BCUT2D eigenvalue weighted by Gasteiger charge is 2.28. The van der Waals surface area contributed by atoms with Crippen molar-refractivity contribution in [1.82, 2.24) is 4.98 Å². The lowest BCUT2D eigenvalue weighted by Gasteiger charge is -2.35. The van der Waals surface area contributed by atoms with E-state index in [0.717, 1.165) is 5.52 Å². The summed E-state index contributed by atoms with van der Waals surface area (Å²) in [5.41, 5.74) is 4.01. The quantitative estimate of drug-likeness (QED) is 0.880. The Balaban J connectivity index is 1.90. The van der Waals surface area contributed by atoms with Crippen LogP contribution in [0.15, 0.2) is 30.5 Å². The molecule has 1 aliphatic rings. The Morgan fingerprint density at radius 1 is 1.30 bits per heavy atom. The van der Waals surface area contributed by atoms with Crippen LogP contribution in [0.3, 0.4) is 0 Å². The first-order chi connectivity index (χ1) is 9.55. The number of hydrogen-bond donors (Lipinski definition) is 1. The van der Waals surface area contributed by atoms with Crippen molar-refractivity contribution in [2.75, 3.05) is 16.8 Å². The fraction of sp³-hybridized carbons (Fsp3) is 0.471. The maximum absolute atomic E-state index is 4.52. The number of aromatic nitrogens is 1. The molecular weight excluding hydrogens is 264 g/mol. The van der Waals surface area contributed by atoms with E-state index in [4.69, 9.17) is 0 Å². The molecule has 106 valence electrons. The minimum Gasteiger partial charge on any atom is -0.381 e. The molecule has 2 heterocycles. The normalized spacial score (nSPS) is 21.9. The lowest BCUT2D eigenvalue weighted by molar-refractivity contribution is 0.358. The Kier molecular flexibility index (Phi) is 3.63. The van der Waals surface area contributed by atoms with Gasteiger partial charge in [0.2, 0.25) is 0 Å². The lowest BCUT2D eigenvalue weighted by Crippen LogP contribution is -2.35. The number of pyridine rings is 1. The Hall–Kier alpha value is -1.22. The molecule has 0 spiro atoms. The highest BCUT2D eigenvalue weighted by atomic mass is 32.2. The molecule has 0 radical (unpaired) electrons. The van der Waals surface area contributed by atoms with Crippen LogP contribution in [-0.4, -0.2) is 22.5 Å². The molecule has 1 N–H and O–H groups in total. The van der Waals surface area contributed by atoms with E-state index >= 15 is 0 Å². The highest BCUT2D eigenvalue weighted by Crippen LogP contribution is 2.35. The summed E-state index contributed by atoms with van der Waals surface area (Å²) in [4.78, 5) is 4.52. The molecule has 1 fully saturated rings. The summed E-state index contributed by atoms with van der Waals surface area (Å²) in [7, 11) is 0. The van der Waals surface area contributed by atoms with Crippen LogP contribution >= 0.6 is 11.8 Å². The van der Waals surface area contributed by atoms with Gasteiger partial charge in [0, 0.05) is 29.1 Å². The second-order valence-electron chi connectivity index (χ2n) is 6.55. The van der Waals surface area contributed by atoms with E-state index in [2.05, 4.69) is 61.0 Å². The van der Waals surface area contributed by atoms with Gasteiger partial charge in [0.1, 0.15) is 0 Å². The largest absolute Gasteiger partial charge is 0.381 e. The van der Waals surface area contributed by atoms with Crippen molar-refractivity contribution in [2.24, 2.45) is 5.41 Å². The minimum atomic E-state index is 0.430. The molecule has 1 unspecified atom stereocenters. The average molecular weight is 286 g/mol. The Bertz CT molecular complexity index is 621. The van der Waals surface area contributed by atoms with Crippen molar-refractivity contribution in [3.05, 3.63) is 36.0 Å². The second kappa shape index (κ2) is 5.28. The molecule has 2 nitrogen and oxygen atoms in total. The van der Waals surface area contributed by atoms with E-state index in [1.54, 1.807) is 0 Å². The van der Waals surface area contributed by atoms with E-state index in [-0.39, 0.29) is 0 Å². The summed E-state index contributed by atoms with van der Waals surface area (Å²) < 4.78 is 0. The molecule has 1 aromatic carbocycles. The lowest BCUT2D eigenvalue weighted by atomic mass is 9.87. The Morgan fingerprint density at radius 3 is 2.95 bits per heavy atom. The molecule has 0 saturated carbocycles. The summed E-state index contributed by atoms with van der Waals surface area (Å²) in [5.74, 6) is 2.46. The first-order valence-corrected chi connectivity index (χ1v) is 8.39. The van der Waals surface area contributed by atoms with E-state index < -0.39 is 0 Å². The molecule has 3 heteroatoms. The first-order valence-electron chi connectivity index (χ1n) is 7.24. The Labute approximate surface area is 125 Å². The van der Waals surface area contributed by atoms with Gasteiger partial charge >= 0.3 is 0 Å². The van der Waals surface area contributed by atoms with Gasteiger partial charge in [-0.3, -0.25) is 4.98 Å². The van der Waals surface area contributed by atoms with E-state index in [9.17, 15) is 0 Å². The molecule has 1 saturated heterocycles. The van der Waals surface area contributed by atoms with Crippen molar-refractivity contribution in [2.45, 2.75) is 33.2 Å². The van der Waals surface area contributed by atoms with Crippen LogP contribution in [0, 0.1) is 12.3 Å². The number of rotatable bonds is 2. The van der Waals surface area contributed by atoms with Crippen LogP contribution < -0.4 is 5.32 Å². The molecule has 1 aromatic heterocycles. The van der Waals surface area contributed by atoms with Crippen LogP contribution in [0.1, 0.15) is 25.8 Å². The predicted octanol–water partition coefficient (Wildman–Crippen LogP) is 4.49. The van der Waals surface area contributed by atoms with Gasteiger partial charge in [-0.1, -0.05) is 19.9 Å². The predicted molar refractivity (Wildman–Crippen MR) is 89.6 cm³/mol. The number of anilines is 1. The van der Waals surface area contributed by atoms with Crippen molar-refractivity contribution in [1.29, 1.82) is 0 Å². The monoisotopic (exact) mass is 286 g/mol. The molecule has 0 aliphatic carbocycles. The molecule has 0 bridgehead atoms. The van der Waals surface area contributed by atoms with Gasteiger partial charge in [-0.25, -0.2) is 0 Å². The van der Waals surface area contributed by atoms with Crippen LogP contribution in [0.25, 0.3) is 10.9 Å². The van der Waals surface area contributed by atoms with E-state index in [0.29, 0.717) is 11.5 Å². The zero-order chi connectivity index (χ0) is 14.2. The van der Waals surface area contributed by atoms with Gasteiger partial charge in [-0.15, -0.1) is 0 Å². The highest BCUT2D eigenvalue weighted by molar-refractivity contribution is 7.99. The maximum atomic E-state index is 4.52. The third kappa shape index (κ3) is 2.78. The Morgan fingerprint density at radius 2 is 2.15 bits per heavy atom. The molecule has 0 amide bonds. The summed E-state index contributed by atoms with van der Waals surface area (Å²) in [6, 6.07) is 9.10. The van der Waals surface area contributed by atoms with Gasteiger partial charge < -0.3 is 5.32 Å². The summed E-state index contributed by atoms with van der Waals surface area (Å²) in [6.07, 6.45) is 3.11. The van der Waals surface area contributed by atoms with Crippen LogP contribution in [0.4, 0.5) is 5.69 Å². The third-order valence-electron chi connectivity index (χ3n) is 3.94. The number of nitrogens with one attached hydrogen (secondary N) is 1. The van der Waals surface area contributed by atoms with Gasteiger partial charge in [0.15, 0.2) is 0 Å². The zero-order valence-corrected chi connectivity index (χ0v) is 13.3. The number of thioether (sulfide) groups is 1. The minimum absolute atomic E-state index is 0.430. The molecular formula is C17H22N2S. The SMILES string of the molecule is Cc1ccc(NC2CSCC(C)(C)C2)c2cccnc12. The first kappa shape index (κ1) is 13.7. The summed E-state index contributed by atoms with van der Waals surface area (Å²) in [5, 5.41) is 4.98. The van der Waals surface area contributed by atoms with Crippen molar-refractivity contribution < 1.29 is 0 Å². The maximum Gasteiger partial charge on any atom is 0.0751 e. The number of aryl methyl sites for hydroxylation is 1. The van der Waals surface area contributed by atoms with Gasteiger partial charge in [0.25, 0.3) is 0 Å². The third-order valence-corrected chi connectivity index (χ3v) is 5.57. The topological polar surface area (TPSA) is 24.9 Å². The van der Waals surface area contributed by atoms with Gasteiger partial charge in [-0.05, 0) is 48.3 Å². The van der Waals surface area contributed by atoms with Crippen LogP contribution in [0.2, 0.25) is 0 Å². The van der Waals surface area contributed by atoms with E-state index in [1.165, 1.54) is 34.6 Å².